The molecule has 0 N–H and O–H groups in total. The minimum atomic E-state index is -1.58. The fourth-order valence-electron chi connectivity index (χ4n) is 1.32. The van der Waals surface area contributed by atoms with Gasteiger partial charge in [0.25, 0.3) is 0 Å². The molecule has 0 heterocycles. The first kappa shape index (κ1) is 12.5. The molecule has 0 saturated heterocycles. The van der Waals surface area contributed by atoms with Gasteiger partial charge in [0.05, 0.1) is 27.5 Å². The van der Waals surface area contributed by atoms with E-state index >= 15 is 0 Å². The predicted octanol–water partition coefficient (Wildman–Crippen LogP) is 3.03. The summed E-state index contributed by atoms with van der Waals surface area (Å²) < 4.78 is 5.30. The van der Waals surface area contributed by atoms with Gasteiger partial charge in [-0.1, -0.05) is 29.3 Å². The third-order valence-corrected chi connectivity index (χ3v) is 2.67. The Labute approximate surface area is 97.6 Å². The average Bonchev–Trinajstić information content (AvgIpc) is 2.10. The Hall–Kier alpha value is -0.580. The molecule has 84 valence electrons. The molecule has 0 aromatic carbocycles. The van der Waals surface area contributed by atoms with Crippen molar-refractivity contribution in [3.63, 3.8) is 0 Å². The fraction of sp³-hybridized carbons (Fsp3) is 0.556. The first-order chi connectivity index (χ1) is 6.87. The van der Waals surface area contributed by atoms with Gasteiger partial charge in [-0.05, 0) is 13.8 Å². The number of hydrogen-bond donors (Lipinski definition) is 0. The van der Waals surface area contributed by atoms with Crippen LogP contribution in [0, 0.1) is 10.1 Å². The quantitative estimate of drug-likeness (QED) is 0.440. The molecule has 1 atom stereocenters. The summed E-state index contributed by atoms with van der Waals surface area (Å²) in [7, 11) is 0. The number of nitrogens with zero attached hydrogens (tertiary/aromatic N) is 1. The van der Waals surface area contributed by atoms with Crippen LogP contribution < -0.4 is 0 Å². The summed E-state index contributed by atoms with van der Waals surface area (Å²) in [6.07, 6.45) is 2.57. The van der Waals surface area contributed by atoms with Crippen molar-refractivity contribution >= 4 is 23.2 Å². The highest BCUT2D eigenvalue weighted by molar-refractivity contribution is 6.44. The molecule has 0 bridgehead atoms. The lowest BCUT2D eigenvalue weighted by Crippen LogP contribution is -2.42. The molecule has 1 aliphatic carbocycles. The maximum absolute atomic E-state index is 11.0. The molecule has 0 aliphatic heterocycles. The van der Waals surface area contributed by atoms with Gasteiger partial charge in [0.15, 0.2) is 0 Å². The Morgan fingerprint density at radius 2 is 2.13 bits per heavy atom. The molecule has 6 heteroatoms. The molecule has 0 radical (unpaired) electrons. The fourth-order valence-corrected chi connectivity index (χ4v) is 1.70. The molecule has 1 rings (SSSR count). The van der Waals surface area contributed by atoms with Crippen LogP contribution in [-0.2, 0) is 4.74 Å². The topological polar surface area (TPSA) is 52.4 Å². The molecule has 0 spiro atoms. The Bertz CT molecular complexity index is 338. The van der Waals surface area contributed by atoms with E-state index in [1.165, 1.54) is 12.2 Å². The molecule has 0 saturated carbocycles. The van der Waals surface area contributed by atoms with Crippen molar-refractivity contribution in [1.29, 1.82) is 0 Å². The molecule has 4 nitrogen and oxygen atoms in total. The van der Waals surface area contributed by atoms with Crippen LogP contribution in [0.15, 0.2) is 22.2 Å². The van der Waals surface area contributed by atoms with Crippen LogP contribution in [-0.4, -0.2) is 16.8 Å². The second-order valence-corrected chi connectivity index (χ2v) is 4.33. The number of nitro groups is 1. The monoisotopic (exact) mass is 251 g/mol. The van der Waals surface area contributed by atoms with Crippen molar-refractivity contribution in [2.45, 2.75) is 32.1 Å². The molecule has 1 unspecified atom stereocenters. The van der Waals surface area contributed by atoms with Crippen LogP contribution in [0.4, 0.5) is 0 Å². The van der Waals surface area contributed by atoms with Gasteiger partial charge in [-0.15, -0.1) is 0 Å². The summed E-state index contributed by atoms with van der Waals surface area (Å²) in [6, 6.07) is 0. The van der Waals surface area contributed by atoms with Crippen LogP contribution >= 0.6 is 23.2 Å². The van der Waals surface area contributed by atoms with Crippen molar-refractivity contribution in [2.24, 2.45) is 0 Å². The van der Waals surface area contributed by atoms with Crippen LogP contribution in [0.2, 0.25) is 0 Å². The van der Waals surface area contributed by atoms with Gasteiger partial charge in [-0.2, -0.15) is 0 Å². The Morgan fingerprint density at radius 1 is 1.53 bits per heavy atom. The zero-order valence-corrected chi connectivity index (χ0v) is 9.88. The van der Waals surface area contributed by atoms with Gasteiger partial charge >= 0.3 is 5.72 Å². The number of ether oxygens (including phenoxy) is 1. The summed E-state index contributed by atoms with van der Waals surface area (Å²) in [4.78, 5) is 10.5. The largest absolute Gasteiger partial charge is 0.350 e. The second-order valence-electron chi connectivity index (χ2n) is 3.52. The van der Waals surface area contributed by atoms with E-state index < -0.39 is 10.6 Å². The van der Waals surface area contributed by atoms with Gasteiger partial charge in [0, 0.05) is 6.08 Å². The average molecular weight is 252 g/mol. The molecular formula is C9H11Cl2NO3. The summed E-state index contributed by atoms with van der Waals surface area (Å²) in [6.45, 7) is 3.46. The van der Waals surface area contributed by atoms with Crippen molar-refractivity contribution in [2.75, 3.05) is 0 Å². The van der Waals surface area contributed by atoms with Gasteiger partial charge in [-0.25, -0.2) is 0 Å². The highest BCUT2D eigenvalue weighted by atomic mass is 35.5. The standard InChI is InChI=1S/C9H11Cl2NO3/c1-6(2)15-9(12(13)14)4-3-7(10)8(11)5-9/h3,5-6H,4H2,1-2H3. The van der Waals surface area contributed by atoms with E-state index in [0.29, 0.717) is 5.03 Å². The minimum Gasteiger partial charge on any atom is -0.308 e. The van der Waals surface area contributed by atoms with Crippen molar-refractivity contribution in [1.82, 2.24) is 0 Å². The molecule has 0 amide bonds. The normalized spacial score (nSPS) is 26.2. The van der Waals surface area contributed by atoms with E-state index in [-0.39, 0.29) is 17.6 Å². The lowest BCUT2D eigenvalue weighted by atomic mass is 10.0. The molecular weight excluding hydrogens is 241 g/mol. The Kier molecular flexibility index (Phi) is 3.76. The Balaban J connectivity index is 3.01. The molecule has 0 aromatic rings. The van der Waals surface area contributed by atoms with E-state index in [2.05, 4.69) is 0 Å². The van der Waals surface area contributed by atoms with E-state index in [0.717, 1.165) is 0 Å². The number of hydrogen-bond acceptors (Lipinski definition) is 3. The zero-order chi connectivity index (χ0) is 11.6. The van der Waals surface area contributed by atoms with E-state index in [4.69, 9.17) is 27.9 Å². The van der Waals surface area contributed by atoms with E-state index in [1.807, 2.05) is 0 Å². The summed E-state index contributed by atoms with van der Waals surface area (Å²) in [5.74, 6) is 0. The predicted molar refractivity (Wildman–Crippen MR) is 58.4 cm³/mol. The van der Waals surface area contributed by atoms with Crippen molar-refractivity contribution < 1.29 is 9.66 Å². The highest BCUT2D eigenvalue weighted by Gasteiger charge is 2.44. The number of allylic oxidation sites excluding steroid dienone is 2. The lowest BCUT2D eigenvalue weighted by Gasteiger charge is -2.25. The van der Waals surface area contributed by atoms with Crippen LogP contribution in [0.5, 0.6) is 0 Å². The maximum atomic E-state index is 11.0. The maximum Gasteiger partial charge on any atom is 0.350 e. The first-order valence-electron chi connectivity index (χ1n) is 4.44. The van der Waals surface area contributed by atoms with E-state index in [1.54, 1.807) is 13.8 Å². The third kappa shape index (κ3) is 2.71. The lowest BCUT2D eigenvalue weighted by molar-refractivity contribution is -0.616. The molecule has 15 heavy (non-hydrogen) atoms. The molecule has 0 fully saturated rings. The smallest absolute Gasteiger partial charge is 0.308 e. The van der Waals surface area contributed by atoms with E-state index in [9.17, 15) is 10.1 Å². The number of rotatable bonds is 3. The van der Waals surface area contributed by atoms with Gasteiger partial charge in [0.1, 0.15) is 0 Å². The van der Waals surface area contributed by atoms with Gasteiger partial charge < -0.3 is 4.74 Å². The molecule has 1 aliphatic rings. The van der Waals surface area contributed by atoms with Crippen molar-refractivity contribution in [3.05, 3.63) is 32.3 Å². The Morgan fingerprint density at radius 3 is 2.53 bits per heavy atom. The van der Waals surface area contributed by atoms with Crippen LogP contribution in [0.1, 0.15) is 20.3 Å². The minimum absolute atomic E-state index is 0.0905. The number of halogens is 2. The summed E-state index contributed by atoms with van der Waals surface area (Å²) in [5.41, 5.74) is -1.58. The van der Waals surface area contributed by atoms with Crippen molar-refractivity contribution in [3.8, 4) is 0 Å². The summed E-state index contributed by atoms with van der Waals surface area (Å²) in [5, 5.41) is 11.4. The summed E-state index contributed by atoms with van der Waals surface area (Å²) >= 11 is 11.5. The zero-order valence-electron chi connectivity index (χ0n) is 8.37. The third-order valence-electron chi connectivity index (χ3n) is 1.90. The van der Waals surface area contributed by atoms with Crippen LogP contribution in [0.3, 0.4) is 0 Å². The van der Waals surface area contributed by atoms with Gasteiger partial charge in [-0.3, -0.25) is 10.1 Å². The SMILES string of the molecule is CC(C)OC1([N+](=O)[O-])C=C(Cl)C(Cl)=CC1. The van der Waals surface area contributed by atoms with Gasteiger partial charge in [0.2, 0.25) is 0 Å². The van der Waals surface area contributed by atoms with Crippen LogP contribution in [0.25, 0.3) is 0 Å². The first-order valence-corrected chi connectivity index (χ1v) is 5.20. The highest BCUT2D eigenvalue weighted by Crippen LogP contribution is 2.34. The second kappa shape index (κ2) is 4.51. The molecule has 0 aromatic heterocycles.